The van der Waals surface area contributed by atoms with Crippen LogP contribution in [0.1, 0.15) is 18.2 Å². The number of carbonyl (C=O) groups excluding carboxylic acids is 1. The zero-order valence-corrected chi connectivity index (χ0v) is 12.9. The lowest BCUT2D eigenvalue weighted by atomic mass is 9.80. The molecular weight excluding hydrogens is 328 g/mol. The predicted molar refractivity (Wildman–Crippen MR) is 79.1 cm³/mol. The number of halogens is 1. The lowest BCUT2D eigenvalue weighted by molar-refractivity contribution is -0.145. The van der Waals surface area contributed by atoms with E-state index in [1.54, 1.807) is 12.3 Å². The maximum Gasteiger partial charge on any atom is 0.322 e. The number of methoxy groups -OCH3 is 1. The first-order valence-electron chi connectivity index (χ1n) is 5.54. The standard InChI is InChI=1S/C13H13BrN2O2S/c1-13(11(17)18-2,10-7-19-12(15)16-10)8-3-5-9(14)6-4-8/h3-7H,1-2H3,(H2,15,16). The predicted octanol–water partition coefficient (Wildman–Crippen LogP) is 2.97. The molecule has 0 amide bonds. The number of nitrogen functional groups attached to an aromatic ring is 1. The van der Waals surface area contributed by atoms with Gasteiger partial charge in [-0.25, -0.2) is 4.98 Å². The molecule has 2 rings (SSSR count). The molecule has 1 aromatic carbocycles. The molecule has 0 saturated heterocycles. The van der Waals surface area contributed by atoms with Gasteiger partial charge in [0, 0.05) is 9.85 Å². The summed E-state index contributed by atoms with van der Waals surface area (Å²) in [6, 6.07) is 7.51. The number of benzene rings is 1. The van der Waals surface area contributed by atoms with Crippen molar-refractivity contribution < 1.29 is 9.53 Å². The summed E-state index contributed by atoms with van der Waals surface area (Å²) in [5.74, 6) is -0.361. The number of anilines is 1. The second kappa shape index (κ2) is 5.30. The van der Waals surface area contributed by atoms with Crippen LogP contribution in [0.5, 0.6) is 0 Å². The van der Waals surface area contributed by atoms with Crippen molar-refractivity contribution in [1.29, 1.82) is 0 Å². The molecule has 0 aliphatic carbocycles. The van der Waals surface area contributed by atoms with Crippen LogP contribution in [0.2, 0.25) is 0 Å². The molecule has 100 valence electrons. The highest BCUT2D eigenvalue weighted by Crippen LogP contribution is 2.35. The number of carbonyl (C=O) groups is 1. The van der Waals surface area contributed by atoms with Crippen LogP contribution in [0.15, 0.2) is 34.1 Å². The maximum atomic E-state index is 12.2. The molecule has 1 aromatic heterocycles. The van der Waals surface area contributed by atoms with Gasteiger partial charge in [0.25, 0.3) is 0 Å². The molecule has 19 heavy (non-hydrogen) atoms. The lowest BCUT2D eigenvalue weighted by Crippen LogP contribution is -2.35. The SMILES string of the molecule is COC(=O)C(C)(c1ccc(Br)cc1)c1csc(N)n1. The van der Waals surface area contributed by atoms with Gasteiger partial charge in [0.05, 0.1) is 12.8 Å². The van der Waals surface area contributed by atoms with Crippen LogP contribution < -0.4 is 5.73 Å². The van der Waals surface area contributed by atoms with Gasteiger partial charge >= 0.3 is 5.97 Å². The minimum Gasteiger partial charge on any atom is -0.468 e. The first-order valence-corrected chi connectivity index (χ1v) is 7.21. The summed E-state index contributed by atoms with van der Waals surface area (Å²) in [7, 11) is 1.37. The summed E-state index contributed by atoms with van der Waals surface area (Å²) in [6.45, 7) is 1.79. The molecule has 0 saturated carbocycles. The molecule has 0 spiro atoms. The molecule has 4 nitrogen and oxygen atoms in total. The monoisotopic (exact) mass is 340 g/mol. The Labute approximate surface area is 123 Å². The molecule has 0 aliphatic heterocycles. The highest BCUT2D eigenvalue weighted by molar-refractivity contribution is 9.10. The summed E-state index contributed by atoms with van der Waals surface area (Å²) in [4.78, 5) is 16.5. The Morgan fingerprint density at radius 1 is 1.42 bits per heavy atom. The molecule has 1 heterocycles. The van der Waals surface area contributed by atoms with Crippen molar-refractivity contribution in [2.45, 2.75) is 12.3 Å². The number of ether oxygens (including phenoxy) is 1. The Hall–Kier alpha value is -1.40. The van der Waals surface area contributed by atoms with Gasteiger partial charge in [0.2, 0.25) is 0 Å². The fourth-order valence-corrected chi connectivity index (χ4v) is 2.81. The van der Waals surface area contributed by atoms with Crippen LogP contribution in [0.25, 0.3) is 0 Å². The Morgan fingerprint density at radius 2 is 2.05 bits per heavy atom. The fourth-order valence-electron chi connectivity index (χ4n) is 1.87. The van der Waals surface area contributed by atoms with Crippen LogP contribution in [-0.2, 0) is 14.9 Å². The van der Waals surface area contributed by atoms with Gasteiger partial charge < -0.3 is 10.5 Å². The number of hydrogen-bond acceptors (Lipinski definition) is 5. The highest BCUT2D eigenvalue weighted by Gasteiger charge is 2.40. The molecule has 6 heteroatoms. The van der Waals surface area contributed by atoms with E-state index in [1.165, 1.54) is 18.4 Å². The second-order valence-electron chi connectivity index (χ2n) is 4.19. The van der Waals surface area contributed by atoms with Crippen LogP contribution >= 0.6 is 27.3 Å². The maximum absolute atomic E-state index is 12.2. The Kier molecular flexibility index (Phi) is 3.91. The molecule has 2 N–H and O–H groups in total. The number of thiazole rings is 1. The minimum atomic E-state index is -0.955. The average molecular weight is 341 g/mol. The number of hydrogen-bond donors (Lipinski definition) is 1. The largest absolute Gasteiger partial charge is 0.468 e. The minimum absolute atomic E-state index is 0.361. The Morgan fingerprint density at radius 3 is 2.53 bits per heavy atom. The van der Waals surface area contributed by atoms with Gasteiger partial charge in [0.15, 0.2) is 5.13 Å². The van der Waals surface area contributed by atoms with Gasteiger partial charge in [-0.1, -0.05) is 28.1 Å². The first kappa shape index (κ1) is 14.0. The lowest BCUT2D eigenvalue weighted by Gasteiger charge is -2.25. The van der Waals surface area contributed by atoms with Crippen molar-refractivity contribution >= 4 is 38.4 Å². The van der Waals surface area contributed by atoms with Gasteiger partial charge in [-0.05, 0) is 24.6 Å². The van der Waals surface area contributed by atoms with Gasteiger partial charge in [0.1, 0.15) is 5.41 Å². The van der Waals surface area contributed by atoms with Crippen molar-refractivity contribution in [3.63, 3.8) is 0 Å². The number of aromatic nitrogens is 1. The van der Waals surface area contributed by atoms with E-state index >= 15 is 0 Å². The summed E-state index contributed by atoms with van der Waals surface area (Å²) >= 11 is 4.68. The quantitative estimate of drug-likeness (QED) is 0.872. The number of nitrogens with two attached hydrogens (primary N) is 1. The van der Waals surface area contributed by atoms with E-state index in [1.807, 2.05) is 24.3 Å². The molecule has 0 bridgehead atoms. The third kappa shape index (κ3) is 2.50. The Bertz CT molecular complexity index is 597. The van der Waals surface area contributed by atoms with Crippen LogP contribution in [0, 0.1) is 0 Å². The summed E-state index contributed by atoms with van der Waals surface area (Å²) < 4.78 is 5.88. The van der Waals surface area contributed by atoms with E-state index in [2.05, 4.69) is 20.9 Å². The number of rotatable bonds is 3. The van der Waals surface area contributed by atoms with Crippen molar-refractivity contribution in [3.05, 3.63) is 45.4 Å². The third-order valence-electron chi connectivity index (χ3n) is 3.05. The molecule has 0 radical (unpaired) electrons. The van der Waals surface area contributed by atoms with Crippen LogP contribution in [0.4, 0.5) is 5.13 Å². The van der Waals surface area contributed by atoms with Gasteiger partial charge in [-0.3, -0.25) is 4.79 Å². The van der Waals surface area contributed by atoms with Crippen molar-refractivity contribution in [3.8, 4) is 0 Å². The highest BCUT2D eigenvalue weighted by atomic mass is 79.9. The third-order valence-corrected chi connectivity index (χ3v) is 4.25. The summed E-state index contributed by atoms with van der Waals surface area (Å²) in [6.07, 6.45) is 0. The van der Waals surface area contributed by atoms with E-state index in [0.29, 0.717) is 10.8 Å². The zero-order chi connectivity index (χ0) is 14.0. The molecule has 1 unspecified atom stereocenters. The number of esters is 1. The molecule has 2 aromatic rings. The zero-order valence-electron chi connectivity index (χ0n) is 10.5. The van der Waals surface area contributed by atoms with Crippen molar-refractivity contribution in [2.24, 2.45) is 0 Å². The van der Waals surface area contributed by atoms with Gasteiger partial charge in [-0.15, -0.1) is 11.3 Å². The van der Waals surface area contributed by atoms with E-state index < -0.39 is 5.41 Å². The summed E-state index contributed by atoms with van der Waals surface area (Å²) in [5, 5.41) is 2.22. The fraction of sp³-hybridized carbons (Fsp3) is 0.231. The van der Waals surface area contributed by atoms with Crippen molar-refractivity contribution in [2.75, 3.05) is 12.8 Å². The molecule has 0 aliphatic rings. The van der Waals surface area contributed by atoms with E-state index in [0.717, 1.165) is 10.0 Å². The smallest absolute Gasteiger partial charge is 0.322 e. The van der Waals surface area contributed by atoms with E-state index in [-0.39, 0.29) is 5.97 Å². The van der Waals surface area contributed by atoms with Crippen LogP contribution in [0.3, 0.4) is 0 Å². The Balaban J connectivity index is 2.58. The first-order chi connectivity index (χ1) is 8.98. The molecule has 0 fully saturated rings. The molecule has 1 atom stereocenters. The van der Waals surface area contributed by atoms with Gasteiger partial charge in [-0.2, -0.15) is 0 Å². The molecular formula is C13H13BrN2O2S. The average Bonchev–Trinajstić information content (AvgIpc) is 2.84. The van der Waals surface area contributed by atoms with Crippen molar-refractivity contribution in [1.82, 2.24) is 4.98 Å². The topological polar surface area (TPSA) is 65.2 Å². The van der Waals surface area contributed by atoms with E-state index in [9.17, 15) is 4.79 Å². The normalized spacial score (nSPS) is 13.8. The van der Waals surface area contributed by atoms with E-state index in [4.69, 9.17) is 10.5 Å². The van der Waals surface area contributed by atoms with Crippen LogP contribution in [-0.4, -0.2) is 18.1 Å². The number of nitrogens with zero attached hydrogens (tertiary/aromatic N) is 1. The summed E-state index contributed by atoms with van der Waals surface area (Å²) in [5.41, 5.74) is 6.13. The second-order valence-corrected chi connectivity index (χ2v) is 6.00.